The number of hydrogen-bond donors (Lipinski definition) is 0. The zero-order chi connectivity index (χ0) is 40.5. The van der Waals surface area contributed by atoms with Gasteiger partial charge in [-0.3, -0.25) is 14.4 Å². The van der Waals surface area contributed by atoms with Gasteiger partial charge >= 0.3 is 17.9 Å². The minimum atomic E-state index is -0.761. The molecule has 0 aromatic carbocycles. The predicted octanol–water partition coefficient (Wildman–Crippen LogP) is 15.4. The Hall–Kier alpha value is -1.59. The Morgan fingerprint density at radius 3 is 1.04 bits per heavy atom. The van der Waals surface area contributed by atoms with Gasteiger partial charge in [-0.1, -0.05) is 227 Å². The molecule has 0 aromatic heterocycles. The summed E-state index contributed by atoms with van der Waals surface area (Å²) in [6, 6.07) is 0. The highest BCUT2D eigenvalue weighted by Gasteiger charge is 2.19. The summed E-state index contributed by atoms with van der Waals surface area (Å²) >= 11 is 0. The van der Waals surface area contributed by atoms with E-state index in [0.29, 0.717) is 19.3 Å². The van der Waals surface area contributed by atoms with Crippen LogP contribution in [0.1, 0.15) is 266 Å². The van der Waals surface area contributed by atoms with Crippen LogP contribution in [-0.4, -0.2) is 37.2 Å². The zero-order valence-electron chi connectivity index (χ0n) is 37.6. The molecule has 0 rings (SSSR count). The van der Waals surface area contributed by atoms with Crippen LogP contribution in [0.3, 0.4) is 0 Å². The summed E-state index contributed by atoms with van der Waals surface area (Å²) in [7, 11) is 0. The maximum absolute atomic E-state index is 12.7. The van der Waals surface area contributed by atoms with E-state index in [4.69, 9.17) is 14.2 Å². The number of unbranched alkanes of at least 4 members (excludes halogenated alkanes) is 27. The second-order valence-corrected chi connectivity index (χ2v) is 17.5. The average Bonchev–Trinajstić information content (AvgIpc) is 3.17. The maximum Gasteiger partial charge on any atom is 0.306 e. The lowest BCUT2D eigenvalue weighted by molar-refractivity contribution is -0.167. The van der Waals surface area contributed by atoms with Crippen molar-refractivity contribution in [2.24, 2.45) is 11.8 Å². The Kier molecular flexibility index (Phi) is 40.8. The van der Waals surface area contributed by atoms with E-state index >= 15 is 0 Å². The Balaban J connectivity index is 4.33. The SMILES string of the molecule is CCCCCCCCCCCCCC(=O)OC[C@@H](COC(=O)CCCCCCCCCCCCC(C)CC)OC(=O)CCCCCCCCCCCC(C)C. The molecule has 0 spiro atoms. The van der Waals surface area contributed by atoms with Crippen molar-refractivity contribution >= 4 is 17.9 Å². The van der Waals surface area contributed by atoms with Gasteiger partial charge < -0.3 is 14.2 Å². The summed E-state index contributed by atoms with van der Waals surface area (Å²) in [5.74, 6) is 0.821. The summed E-state index contributed by atoms with van der Waals surface area (Å²) in [5.41, 5.74) is 0. The molecular formula is C49H94O6. The van der Waals surface area contributed by atoms with Crippen molar-refractivity contribution in [3.8, 4) is 0 Å². The largest absolute Gasteiger partial charge is 0.462 e. The van der Waals surface area contributed by atoms with E-state index in [2.05, 4.69) is 34.6 Å². The van der Waals surface area contributed by atoms with E-state index < -0.39 is 6.10 Å². The molecule has 1 unspecified atom stereocenters. The fourth-order valence-electron chi connectivity index (χ4n) is 7.25. The third kappa shape index (κ3) is 41.9. The van der Waals surface area contributed by atoms with Crippen molar-refractivity contribution in [1.29, 1.82) is 0 Å². The van der Waals surface area contributed by atoms with E-state index in [1.54, 1.807) is 0 Å². The molecule has 6 nitrogen and oxygen atoms in total. The molecule has 0 saturated heterocycles. The molecule has 0 bridgehead atoms. The first-order valence-corrected chi connectivity index (χ1v) is 24.3. The van der Waals surface area contributed by atoms with Crippen LogP contribution < -0.4 is 0 Å². The van der Waals surface area contributed by atoms with Crippen molar-refractivity contribution in [3.05, 3.63) is 0 Å². The minimum absolute atomic E-state index is 0.0646. The lowest BCUT2D eigenvalue weighted by atomic mass is 9.99. The number of hydrogen-bond acceptors (Lipinski definition) is 6. The Morgan fingerprint density at radius 2 is 0.691 bits per heavy atom. The molecule has 55 heavy (non-hydrogen) atoms. The molecule has 0 aliphatic rings. The Bertz CT molecular complexity index is 841. The first-order valence-electron chi connectivity index (χ1n) is 24.3. The van der Waals surface area contributed by atoms with Gasteiger partial charge in [-0.15, -0.1) is 0 Å². The van der Waals surface area contributed by atoms with Crippen LogP contribution >= 0.6 is 0 Å². The molecule has 6 heteroatoms. The highest BCUT2D eigenvalue weighted by atomic mass is 16.6. The minimum Gasteiger partial charge on any atom is -0.462 e. The Labute approximate surface area is 342 Å². The van der Waals surface area contributed by atoms with Crippen LogP contribution in [0.15, 0.2) is 0 Å². The second kappa shape index (κ2) is 42.0. The van der Waals surface area contributed by atoms with Gasteiger partial charge in [-0.2, -0.15) is 0 Å². The fraction of sp³-hybridized carbons (Fsp3) is 0.939. The summed E-state index contributed by atoms with van der Waals surface area (Å²) in [6.07, 6.45) is 40.8. The van der Waals surface area contributed by atoms with E-state index in [9.17, 15) is 14.4 Å². The van der Waals surface area contributed by atoms with Gasteiger partial charge in [0.25, 0.3) is 0 Å². The van der Waals surface area contributed by atoms with Gasteiger partial charge in [0.1, 0.15) is 13.2 Å². The number of carbonyl (C=O) groups excluding carboxylic acids is 3. The zero-order valence-corrected chi connectivity index (χ0v) is 37.6. The standard InChI is InChI=1S/C49H94O6/c1-6-8-9-10-11-12-13-19-24-29-34-39-47(50)53-42-46(55-49(52)41-36-31-26-21-16-17-22-27-32-37-44(3)4)43-54-48(51)40-35-30-25-20-15-14-18-23-28-33-38-45(5)7-2/h44-46H,6-43H2,1-5H3/t45?,46-/m0/s1. The van der Waals surface area contributed by atoms with E-state index in [1.807, 2.05) is 0 Å². The maximum atomic E-state index is 12.7. The van der Waals surface area contributed by atoms with Crippen molar-refractivity contribution < 1.29 is 28.6 Å². The van der Waals surface area contributed by atoms with Gasteiger partial charge in [0.2, 0.25) is 0 Å². The van der Waals surface area contributed by atoms with E-state index in [-0.39, 0.29) is 31.1 Å². The van der Waals surface area contributed by atoms with Crippen molar-refractivity contribution in [2.75, 3.05) is 13.2 Å². The van der Waals surface area contributed by atoms with Gasteiger partial charge in [0.05, 0.1) is 0 Å². The van der Waals surface area contributed by atoms with Crippen LogP contribution in [0.5, 0.6) is 0 Å². The molecule has 0 N–H and O–H groups in total. The number of carbonyl (C=O) groups is 3. The highest BCUT2D eigenvalue weighted by Crippen LogP contribution is 2.17. The third-order valence-electron chi connectivity index (χ3n) is 11.3. The molecule has 326 valence electrons. The van der Waals surface area contributed by atoms with Crippen LogP contribution in [0.4, 0.5) is 0 Å². The van der Waals surface area contributed by atoms with Gasteiger partial charge in [-0.05, 0) is 31.1 Å². The van der Waals surface area contributed by atoms with E-state index in [0.717, 1.165) is 69.6 Å². The molecule has 0 radical (unpaired) electrons. The molecule has 0 fully saturated rings. The third-order valence-corrected chi connectivity index (χ3v) is 11.3. The molecule has 0 aromatic rings. The summed E-state index contributed by atoms with van der Waals surface area (Å²) in [6.45, 7) is 11.4. The fourth-order valence-corrected chi connectivity index (χ4v) is 7.25. The molecule has 0 aliphatic carbocycles. The summed E-state index contributed by atoms with van der Waals surface area (Å²) < 4.78 is 16.8. The summed E-state index contributed by atoms with van der Waals surface area (Å²) in [4.78, 5) is 37.8. The lowest BCUT2D eigenvalue weighted by Crippen LogP contribution is -2.30. The summed E-state index contributed by atoms with van der Waals surface area (Å²) in [5, 5.41) is 0. The highest BCUT2D eigenvalue weighted by molar-refractivity contribution is 5.71. The van der Waals surface area contributed by atoms with Crippen LogP contribution in [0.2, 0.25) is 0 Å². The quantitative estimate of drug-likeness (QED) is 0.0348. The lowest BCUT2D eigenvalue weighted by Gasteiger charge is -2.18. The molecule has 0 heterocycles. The number of esters is 3. The molecule has 0 saturated carbocycles. The normalized spacial score (nSPS) is 12.5. The van der Waals surface area contributed by atoms with Crippen LogP contribution in [-0.2, 0) is 28.6 Å². The first kappa shape index (κ1) is 53.4. The first-order chi connectivity index (χ1) is 26.8. The van der Waals surface area contributed by atoms with Crippen LogP contribution in [0, 0.1) is 11.8 Å². The van der Waals surface area contributed by atoms with Gasteiger partial charge in [0, 0.05) is 19.3 Å². The topological polar surface area (TPSA) is 78.9 Å². The number of rotatable bonds is 43. The van der Waals surface area contributed by atoms with Crippen molar-refractivity contribution in [2.45, 2.75) is 272 Å². The van der Waals surface area contributed by atoms with Gasteiger partial charge in [0.15, 0.2) is 6.10 Å². The number of ether oxygens (including phenoxy) is 3. The molecular weight excluding hydrogens is 685 g/mol. The van der Waals surface area contributed by atoms with Gasteiger partial charge in [-0.25, -0.2) is 0 Å². The molecule has 0 aliphatic heterocycles. The second-order valence-electron chi connectivity index (χ2n) is 17.5. The average molecular weight is 779 g/mol. The molecule has 0 amide bonds. The monoisotopic (exact) mass is 779 g/mol. The predicted molar refractivity (Wildman–Crippen MR) is 233 cm³/mol. The molecule has 2 atom stereocenters. The Morgan fingerprint density at radius 1 is 0.382 bits per heavy atom. The van der Waals surface area contributed by atoms with E-state index in [1.165, 1.54) is 154 Å². The van der Waals surface area contributed by atoms with Crippen LogP contribution in [0.25, 0.3) is 0 Å². The van der Waals surface area contributed by atoms with Crippen molar-refractivity contribution in [3.63, 3.8) is 0 Å². The van der Waals surface area contributed by atoms with Crippen molar-refractivity contribution in [1.82, 2.24) is 0 Å². The smallest absolute Gasteiger partial charge is 0.306 e.